The minimum atomic E-state index is 0.815. The molecule has 3 heteroatoms. The molecule has 1 aromatic heterocycles. The van der Waals surface area contributed by atoms with Crippen molar-refractivity contribution in [1.82, 2.24) is 9.47 Å². The number of rotatable bonds is 7. The zero-order valence-electron chi connectivity index (χ0n) is 13.0. The first kappa shape index (κ1) is 14.2. The number of nitrogens with zero attached hydrogens (tertiary/aromatic N) is 2. The molecule has 0 unspecified atom stereocenters. The first-order valence-corrected chi connectivity index (χ1v) is 7.81. The summed E-state index contributed by atoms with van der Waals surface area (Å²) in [5.74, 6) is 0.925. The summed E-state index contributed by atoms with van der Waals surface area (Å²) in [7, 11) is 1.72. The fourth-order valence-corrected chi connectivity index (χ4v) is 2.86. The Hall–Kier alpha value is -1.74. The molecule has 1 aliphatic rings. The summed E-state index contributed by atoms with van der Waals surface area (Å²) < 4.78 is 7.66. The smallest absolute Gasteiger partial charge is 0.119 e. The molecule has 3 nitrogen and oxygen atoms in total. The average molecular weight is 284 g/mol. The van der Waals surface area contributed by atoms with E-state index in [2.05, 4.69) is 52.9 Å². The van der Waals surface area contributed by atoms with E-state index in [4.69, 9.17) is 4.74 Å². The second-order valence-electron chi connectivity index (χ2n) is 5.77. The van der Waals surface area contributed by atoms with E-state index in [0.29, 0.717) is 0 Å². The molecule has 0 spiro atoms. The van der Waals surface area contributed by atoms with E-state index in [1.807, 2.05) is 6.07 Å². The van der Waals surface area contributed by atoms with Crippen LogP contribution in [0, 0.1) is 0 Å². The lowest BCUT2D eigenvalue weighted by molar-refractivity contribution is 0.262. The van der Waals surface area contributed by atoms with Crippen molar-refractivity contribution in [1.29, 1.82) is 0 Å². The number of aromatic nitrogens is 1. The van der Waals surface area contributed by atoms with Crippen LogP contribution in [0.5, 0.6) is 5.75 Å². The van der Waals surface area contributed by atoms with Gasteiger partial charge in [-0.25, -0.2) is 0 Å². The SMILES string of the molecule is CCN(Cc1cccn1Cc1cccc(OC)c1)C1CC1. The molecule has 0 saturated heterocycles. The van der Waals surface area contributed by atoms with Crippen LogP contribution in [0.15, 0.2) is 42.6 Å². The van der Waals surface area contributed by atoms with Crippen molar-refractivity contribution in [2.24, 2.45) is 0 Å². The Labute approximate surface area is 127 Å². The predicted molar refractivity (Wildman–Crippen MR) is 85.6 cm³/mol. The van der Waals surface area contributed by atoms with Gasteiger partial charge in [-0.2, -0.15) is 0 Å². The van der Waals surface area contributed by atoms with Gasteiger partial charge < -0.3 is 9.30 Å². The van der Waals surface area contributed by atoms with Crippen LogP contribution in [0.25, 0.3) is 0 Å². The molecule has 0 amide bonds. The Morgan fingerprint density at radius 2 is 2.10 bits per heavy atom. The second-order valence-corrected chi connectivity index (χ2v) is 5.77. The Bertz CT molecular complexity index is 586. The molecule has 0 N–H and O–H groups in total. The van der Waals surface area contributed by atoms with Crippen LogP contribution in [0.4, 0.5) is 0 Å². The third-order valence-corrected chi connectivity index (χ3v) is 4.25. The number of hydrogen-bond donors (Lipinski definition) is 0. The highest BCUT2D eigenvalue weighted by atomic mass is 16.5. The first-order valence-electron chi connectivity index (χ1n) is 7.81. The maximum absolute atomic E-state index is 5.31. The van der Waals surface area contributed by atoms with Crippen molar-refractivity contribution >= 4 is 0 Å². The number of benzene rings is 1. The largest absolute Gasteiger partial charge is 0.497 e. The van der Waals surface area contributed by atoms with Crippen molar-refractivity contribution in [3.8, 4) is 5.75 Å². The monoisotopic (exact) mass is 284 g/mol. The Balaban J connectivity index is 1.72. The summed E-state index contributed by atoms with van der Waals surface area (Å²) in [5.41, 5.74) is 2.67. The zero-order chi connectivity index (χ0) is 14.7. The van der Waals surface area contributed by atoms with Crippen molar-refractivity contribution in [3.05, 3.63) is 53.9 Å². The lowest BCUT2D eigenvalue weighted by Gasteiger charge is -2.21. The van der Waals surface area contributed by atoms with Crippen molar-refractivity contribution in [2.75, 3.05) is 13.7 Å². The Kier molecular flexibility index (Phi) is 4.30. The number of ether oxygens (including phenoxy) is 1. The maximum Gasteiger partial charge on any atom is 0.119 e. The quantitative estimate of drug-likeness (QED) is 0.774. The molecule has 1 heterocycles. The van der Waals surface area contributed by atoms with Gasteiger partial charge in [0.2, 0.25) is 0 Å². The summed E-state index contributed by atoms with van der Waals surface area (Å²) >= 11 is 0. The van der Waals surface area contributed by atoms with Crippen LogP contribution in [-0.4, -0.2) is 29.2 Å². The van der Waals surface area contributed by atoms with Gasteiger partial charge in [0.1, 0.15) is 5.75 Å². The molecular weight excluding hydrogens is 260 g/mol. The molecular formula is C18H24N2O. The van der Waals surface area contributed by atoms with Gasteiger partial charge in [-0.05, 0) is 49.2 Å². The fraction of sp³-hybridized carbons (Fsp3) is 0.444. The summed E-state index contributed by atoms with van der Waals surface area (Å²) in [4.78, 5) is 2.58. The molecule has 1 fully saturated rings. The molecule has 0 aliphatic heterocycles. The van der Waals surface area contributed by atoms with Crippen LogP contribution in [0.1, 0.15) is 31.0 Å². The lowest BCUT2D eigenvalue weighted by Crippen LogP contribution is -2.26. The first-order chi connectivity index (χ1) is 10.3. The molecule has 21 heavy (non-hydrogen) atoms. The topological polar surface area (TPSA) is 17.4 Å². The van der Waals surface area contributed by atoms with Gasteiger partial charge in [-0.1, -0.05) is 19.1 Å². The molecule has 3 rings (SSSR count). The van der Waals surface area contributed by atoms with Gasteiger partial charge >= 0.3 is 0 Å². The molecule has 1 aromatic carbocycles. The second kappa shape index (κ2) is 6.35. The van der Waals surface area contributed by atoms with Crippen LogP contribution >= 0.6 is 0 Å². The van der Waals surface area contributed by atoms with Gasteiger partial charge in [-0.15, -0.1) is 0 Å². The predicted octanol–water partition coefficient (Wildman–Crippen LogP) is 3.53. The molecule has 0 radical (unpaired) electrons. The van der Waals surface area contributed by atoms with E-state index in [-0.39, 0.29) is 0 Å². The minimum Gasteiger partial charge on any atom is -0.497 e. The van der Waals surface area contributed by atoms with Crippen LogP contribution in [0.3, 0.4) is 0 Å². The van der Waals surface area contributed by atoms with Crippen molar-refractivity contribution in [2.45, 2.75) is 38.9 Å². The standard InChI is InChI=1S/C18H24N2O/c1-3-19(16-9-10-16)14-17-7-5-11-20(17)13-15-6-4-8-18(12-15)21-2/h4-8,11-12,16H,3,9-10,13-14H2,1-2H3. The highest BCUT2D eigenvalue weighted by Crippen LogP contribution is 2.28. The van der Waals surface area contributed by atoms with E-state index in [1.54, 1.807) is 7.11 Å². The van der Waals surface area contributed by atoms with Gasteiger partial charge in [0.15, 0.2) is 0 Å². The van der Waals surface area contributed by atoms with Crippen molar-refractivity contribution in [3.63, 3.8) is 0 Å². The Morgan fingerprint density at radius 1 is 1.24 bits per heavy atom. The highest BCUT2D eigenvalue weighted by molar-refractivity contribution is 5.29. The van der Waals surface area contributed by atoms with Gasteiger partial charge in [0.05, 0.1) is 7.11 Å². The fourth-order valence-electron chi connectivity index (χ4n) is 2.86. The van der Waals surface area contributed by atoms with E-state index in [9.17, 15) is 0 Å². The normalized spacial score (nSPS) is 14.6. The molecule has 1 saturated carbocycles. The van der Waals surface area contributed by atoms with Gasteiger partial charge in [-0.3, -0.25) is 4.90 Å². The van der Waals surface area contributed by atoms with E-state index in [0.717, 1.165) is 31.4 Å². The third-order valence-electron chi connectivity index (χ3n) is 4.25. The van der Waals surface area contributed by atoms with Crippen molar-refractivity contribution < 1.29 is 4.74 Å². The molecule has 2 aromatic rings. The molecule has 112 valence electrons. The number of hydrogen-bond acceptors (Lipinski definition) is 2. The minimum absolute atomic E-state index is 0.815. The summed E-state index contributed by atoms with van der Waals surface area (Å²) in [5, 5.41) is 0. The van der Waals surface area contributed by atoms with Gasteiger partial charge in [0.25, 0.3) is 0 Å². The van der Waals surface area contributed by atoms with Crippen LogP contribution in [-0.2, 0) is 13.1 Å². The third kappa shape index (κ3) is 3.48. The van der Waals surface area contributed by atoms with Gasteiger partial charge in [0, 0.05) is 31.0 Å². The maximum atomic E-state index is 5.31. The zero-order valence-corrected chi connectivity index (χ0v) is 13.0. The number of methoxy groups -OCH3 is 1. The van der Waals surface area contributed by atoms with Crippen LogP contribution in [0.2, 0.25) is 0 Å². The Morgan fingerprint density at radius 3 is 2.81 bits per heavy atom. The highest BCUT2D eigenvalue weighted by Gasteiger charge is 2.28. The molecule has 0 bridgehead atoms. The molecule has 1 aliphatic carbocycles. The summed E-state index contributed by atoms with van der Waals surface area (Å²) in [6.07, 6.45) is 4.91. The average Bonchev–Trinajstić information content (AvgIpc) is 3.27. The summed E-state index contributed by atoms with van der Waals surface area (Å²) in [6.45, 7) is 5.35. The van der Waals surface area contributed by atoms with Crippen LogP contribution < -0.4 is 4.74 Å². The molecule has 0 atom stereocenters. The summed E-state index contributed by atoms with van der Waals surface area (Å²) in [6, 6.07) is 13.5. The lowest BCUT2D eigenvalue weighted by atomic mass is 10.2. The van der Waals surface area contributed by atoms with E-state index >= 15 is 0 Å². The van der Waals surface area contributed by atoms with E-state index < -0.39 is 0 Å². The van der Waals surface area contributed by atoms with E-state index in [1.165, 1.54) is 24.1 Å².